The number of carbonyl (C=O) groups is 1. The zero-order valence-corrected chi connectivity index (χ0v) is 4.55. The van der Waals surface area contributed by atoms with Crippen LogP contribution in [0.1, 0.15) is 12.8 Å². The van der Waals surface area contributed by atoms with Gasteiger partial charge >= 0.3 is 5.97 Å². The largest absolute Gasteiger partial charge is 0.481 e. The lowest BCUT2D eigenvalue weighted by Gasteiger charge is -1.92. The Kier molecular flexibility index (Phi) is 4.36. The fraction of sp³-hybridized carbons (Fsp3) is 0.750. The van der Waals surface area contributed by atoms with E-state index in [-0.39, 0.29) is 6.42 Å². The van der Waals surface area contributed by atoms with Crippen LogP contribution in [-0.4, -0.2) is 25.6 Å². The number of nitrogens with one attached hydrogen (secondary N) is 1. The van der Waals surface area contributed by atoms with Gasteiger partial charge in [0.2, 0.25) is 0 Å². The van der Waals surface area contributed by atoms with E-state index < -0.39 is 5.97 Å². The Morgan fingerprint density at radius 1 is 1.75 bits per heavy atom. The maximum atomic E-state index is 9.81. The van der Waals surface area contributed by atoms with Crippen LogP contribution in [-0.2, 0) is 4.79 Å². The predicted molar refractivity (Wildman–Crippen MR) is 30.6 cm³/mol. The van der Waals surface area contributed by atoms with Gasteiger partial charge in [0.1, 0.15) is 0 Å². The van der Waals surface area contributed by atoms with E-state index in [9.17, 15) is 4.79 Å². The smallest absolute Gasteiger partial charge is 0.303 e. The summed E-state index contributed by atoms with van der Waals surface area (Å²) in [7, 11) is 4.87. The third-order valence-electron chi connectivity index (χ3n) is 0.712. The summed E-state index contributed by atoms with van der Waals surface area (Å²) >= 11 is 0. The molecule has 44 valence electrons. The molecule has 0 aromatic rings. The summed E-state index contributed by atoms with van der Waals surface area (Å²) in [4.78, 5) is 9.81. The van der Waals surface area contributed by atoms with E-state index in [1.54, 1.807) is 0 Å². The Balaban J connectivity index is 2.82. The van der Waals surface area contributed by atoms with Crippen LogP contribution < -0.4 is 5.23 Å². The molecule has 0 rings (SSSR count). The van der Waals surface area contributed by atoms with Crippen molar-refractivity contribution in [3.8, 4) is 0 Å². The predicted octanol–water partition coefficient (Wildman–Crippen LogP) is -0.476. The van der Waals surface area contributed by atoms with Crippen LogP contribution in [0.25, 0.3) is 0 Å². The normalized spacial score (nSPS) is 9.00. The molecule has 0 amide bonds. The molecule has 0 aromatic heterocycles. The highest BCUT2D eigenvalue weighted by Gasteiger charge is 1.92. The molecule has 0 saturated carbocycles. The molecule has 0 aliphatic carbocycles. The summed E-state index contributed by atoms with van der Waals surface area (Å²) in [5, 5.41) is 10.4. The van der Waals surface area contributed by atoms with Crippen molar-refractivity contribution < 1.29 is 9.90 Å². The van der Waals surface area contributed by atoms with Crippen molar-refractivity contribution >= 4 is 14.0 Å². The molecule has 0 aromatic carbocycles. The van der Waals surface area contributed by atoms with E-state index in [1.807, 2.05) is 0 Å². The van der Waals surface area contributed by atoms with E-state index in [2.05, 4.69) is 5.23 Å². The van der Waals surface area contributed by atoms with Crippen LogP contribution in [0.15, 0.2) is 0 Å². The van der Waals surface area contributed by atoms with Gasteiger partial charge < -0.3 is 10.3 Å². The highest BCUT2D eigenvalue weighted by atomic mass is 16.4. The molecule has 0 atom stereocenters. The maximum absolute atomic E-state index is 9.81. The van der Waals surface area contributed by atoms with Crippen molar-refractivity contribution in [2.24, 2.45) is 0 Å². The lowest BCUT2D eigenvalue weighted by molar-refractivity contribution is -0.137. The molecule has 3 nitrogen and oxygen atoms in total. The average Bonchev–Trinajstić information content (AvgIpc) is 1.66. The monoisotopic (exact) mass is 113 g/mol. The first-order valence-corrected chi connectivity index (χ1v) is 2.42. The van der Waals surface area contributed by atoms with Crippen LogP contribution in [0.3, 0.4) is 0 Å². The van der Waals surface area contributed by atoms with E-state index >= 15 is 0 Å². The summed E-state index contributed by atoms with van der Waals surface area (Å²) in [6, 6.07) is 0. The molecule has 0 fully saturated rings. The Morgan fingerprint density at radius 3 is 2.75 bits per heavy atom. The molecule has 4 heteroatoms. The van der Waals surface area contributed by atoms with Crippen molar-refractivity contribution in [3.63, 3.8) is 0 Å². The Bertz CT molecular complexity index is 76.4. The Labute approximate surface area is 49.5 Å². The number of carboxylic acids is 1. The van der Waals surface area contributed by atoms with Crippen LogP contribution >= 0.6 is 0 Å². The number of aliphatic carboxylic acids is 1. The highest BCUT2D eigenvalue weighted by molar-refractivity contribution is 6.04. The van der Waals surface area contributed by atoms with Gasteiger partial charge in [0.25, 0.3) is 0 Å². The molecule has 0 bridgehead atoms. The number of rotatable bonds is 4. The van der Waals surface area contributed by atoms with Gasteiger partial charge in [-0.3, -0.25) is 4.79 Å². The third-order valence-corrected chi connectivity index (χ3v) is 0.712. The van der Waals surface area contributed by atoms with E-state index in [0.29, 0.717) is 13.0 Å². The highest BCUT2D eigenvalue weighted by Crippen LogP contribution is 1.83. The second-order valence-corrected chi connectivity index (χ2v) is 1.45. The second kappa shape index (κ2) is 4.65. The Morgan fingerprint density at radius 2 is 2.38 bits per heavy atom. The van der Waals surface area contributed by atoms with Crippen molar-refractivity contribution in [2.45, 2.75) is 12.8 Å². The van der Waals surface area contributed by atoms with Crippen LogP contribution in [0.2, 0.25) is 0 Å². The average molecular weight is 113 g/mol. The van der Waals surface area contributed by atoms with E-state index in [0.717, 1.165) is 0 Å². The molecule has 0 aliphatic rings. The van der Waals surface area contributed by atoms with Gasteiger partial charge in [-0.15, -0.1) is 0 Å². The fourth-order valence-electron chi connectivity index (χ4n) is 0.342. The van der Waals surface area contributed by atoms with Gasteiger partial charge in [0, 0.05) is 6.42 Å². The van der Waals surface area contributed by atoms with E-state index in [1.165, 1.54) is 0 Å². The molecule has 0 unspecified atom stereocenters. The SMILES string of the molecule is [B]NCCCC(=O)O. The molecule has 0 spiro atoms. The lowest BCUT2D eigenvalue weighted by Crippen LogP contribution is -2.11. The minimum Gasteiger partial charge on any atom is -0.481 e. The first-order valence-electron chi connectivity index (χ1n) is 2.42. The molecule has 2 N–H and O–H groups in total. The molecule has 0 heterocycles. The van der Waals surface area contributed by atoms with Gasteiger partial charge in [0.05, 0.1) is 0 Å². The molecular weight excluding hydrogens is 105 g/mol. The van der Waals surface area contributed by atoms with Crippen molar-refractivity contribution in [3.05, 3.63) is 0 Å². The van der Waals surface area contributed by atoms with Gasteiger partial charge in [-0.2, -0.15) is 0 Å². The topological polar surface area (TPSA) is 49.3 Å². The zero-order valence-electron chi connectivity index (χ0n) is 4.55. The molecule has 2 radical (unpaired) electrons. The summed E-state index contributed by atoms with van der Waals surface area (Å²) in [5.74, 6) is -0.778. The number of carboxylic acid groups (broad SMARTS) is 1. The van der Waals surface area contributed by atoms with E-state index in [4.69, 9.17) is 13.1 Å². The summed E-state index contributed by atoms with van der Waals surface area (Å²) in [6.45, 7) is 0.562. The van der Waals surface area contributed by atoms with Gasteiger partial charge in [0.15, 0.2) is 7.98 Å². The number of hydrogen-bond acceptors (Lipinski definition) is 2. The maximum Gasteiger partial charge on any atom is 0.303 e. The summed E-state index contributed by atoms with van der Waals surface area (Å²) < 4.78 is 0. The molecule has 8 heavy (non-hydrogen) atoms. The van der Waals surface area contributed by atoms with Crippen molar-refractivity contribution in [1.29, 1.82) is 0 Å². The van der Waals surface area contributed by atoms with Crippen molar-refractivity contribution in [2.75, 3.05) is 6.54 Å². The standard InChI is InChI=1S/C4H8BNO2/c5-6-3-1-2-4(7)8/h6H,1-3H2,(H,7,8). The second-order valence-electron chi connectivity index (χ2n) is 1.45. The molecule has 0 saturated heterocycles. The minimum atomic E-state index is -0.778. The Hall–Kier alpha value is -0.505. The van der Waals surface area contributed by atoms with Crippen LogP contribution in [0.4, 0.5) is 0 Å². The number of hydrogen-bond donors (Lipinski definition) is 2. The quantitative estimate of drug-likeness (QED) is 0.382. The first-order chi connectivity index (χ1) is 3.77. The minimum absolute atomic E-state index is 0.185. The third kappa shape index (κ3) is 5.49. The molecule has 0 aliphatic heterocycles. The first kappa shape index (κ1) is 7.49. The van der Waals surface area contributed by atoms with Crippen LogP contribution in [0.5, 0.6) is 0 Å². The summed E-state index contributed by atoms with van der Waals surface area (Å²) in [5.41, 5.74) is 0. The zero-order chi connectivity index (χ0) is 6.41. The van der Waals surface area contributed by atoms with Gasteiger partial charge in [-0.25, -0.2) is 0 Å². The van der Waals surface area contributed by atoms with Gasteiger partial charge in [-0.1, -0.05) is 0 Å². The fourth-order valence-corrected chi connectivity index (χ4v) is 0.342. The lowest BCUT2D eigenvalue weighted by atomic mass is 10.3. The van der Waals surface area contributed by atoms with Crippen LogP contribution in [0, 0.1) is 0 Å². The van der Waals surface area contributed by atoms with Crippen molar-refractivity contribution in [1.82, 2.24) is 5.23 Å². The molecular formula is C4H8BNO2. The van der Waals surface area contributed by atoms with Gasteiger partial charge in [-0.05, 0) is 13.0 Å². The summed E-state index contributed by atoms with van der Waals surface area (Å²) in [6.07, 6.45) is 0.774.